The Kier molecular flexibility index (Phi) is 11.7. The molecular formula is C40H51N5O9S. The van der Waals surface area contributed by atoms with Crippen LogP contribution in [0.1, 0.15) is 89.0 Å². The number of allylic oxidation sites excluding steroid dienone is 1. The van der Waals surface area contributed by atoms with Gasteiger partial charge in [0.1, 0.15) is 30.3 Å². The second-order valence-electron chi connectivity index (χ2n) is 15.6. The lowest BCUT2D eigenvalue weighted by molar-refractivity contribution is -0.146. The molecule has 2 aliphatic heterocycles. The van der Waals surface area contributed by atoms with Crippen molar-refractivity contribution in [1.29, 1.82) is 0 Å². The molecule has 3 saturated carbocycles. The molecule has 3 aliphatic carbocycles. The van der Waals surface area contributed by atoms with E-state index in [-0.39, 0.29) is 38.8 Å². The molecule has 296 valence electrons. The van der Waals surface area contributed by atoms with Crippen molar-refractivity contribution in [2.75, 3.05) is 19.6 Å². The number of ether oxygens (including phenoxy) is 2. The fraction of sp³-hybridized carbons (Fsp3) is 0.575. The number of hydrogen-bond acceptors (Lipinski definition) is 9. The first-order valence-corrected chi connectivity index (χ1v) is 21.3. The van der Waals surface area contributed by atoms with Crippen LogP contribution in [0, 0.1) is 5.92 Å². The maximum atomic E-state index is 14.4. The van der Waals surface area contributed by atoms with Crippen molar-refractivity contribution in [2.24, 2.45) is 5.92 Å². The zero-order valence-electron chi connectivity index (χ0n) is 31.1. The van der Waals surface area contributed by atoms with Gasteiger partial charge in [0.15, 0.2) is 0 Å². The Morgan fingerprint density at radius 3 is 2.44 bits per heavy atom. The maximum absolute atomic E-state index is 14.4. The standard InChI is InChI=1S/C40H51N5O9S/c46-35-34-25-44(39(50)53-26-28-14-11-13-27-12-9-10-18-32(27)28)22-23-45(34)36(47)33(41-38(49)54-30-16-6-4-7-17-30)19-8-3-1-2-5-15-29-24-40(29,42-35)37(48)43-55(51,52)31-20-21-31/h5,9-15,18,29-31,33-34H,1-4,6-8,16-17,19-26H2,(H,41,49)(H,42,46)(H,43,48)/b15-5+/t29?,33-,34-,40-/m0/s1. The summed E-state index contributed by atoms with van der Waals surface area (Å²) in [6, 6.07) is 11.2. The van der Waals surface area contributed by atoms with Gasteiger partial charge in [-0.3, -0.25) is 19.1 Å². The molecule has 0 spiro atoms. The average Bonchev–Trinajstić information content (AvgIpc) is 4.12. The van der Waals surface area contributed by atoms with Gasteiger partial charge in [-0.05, 0) is 80.5 Å². The molecule has 15 heteroatoms. The van der Waals surface area contributed by atoms with Gasteiger partial charge in [0.25, 0.3) is 5.91 Å². The molecule has 55 heavy (non-hydrogen) atoms. The van der Waals surface area contributed by atoms with Crippen LogP contribution < -0.4 is 15.4 Å². The number of fused-ring (bicyclic) bond motifs is 3. The molecule has 3 N–H and O–H groups in total. The van der Waals surface area contributed by atoms with Crippen LogP contribution in [-0.2, 0) is 40.5 Å². The molecule has 2 heterocycles. The van der Waals surface area contributed by atoms with Crippen molar-refractivity contribution in [3.05, 3.63) is 60.2 Å². The van der Waals surface area contributed by atoms with Gasteiger partial charge in [0.2, 0.25) is 21.8 Å². The van der Waals surface area contributed by atoms with E-state index in [1.807, 2.05) is 54.6 Å². The van der Waals surface area contributed by atoms with Gasteiger partial charge in [-0.15, -0.1) is 0 Å². The molecule has 7 rings (SSSR count). The third-order valence-electron chi connectivity index (χ3n) is 11.6. The molecule has 0 bridgehead atoms. The highest BCUT2D eigenvalue weighted by atomic mass is 32.2. The van der Waals surface area contributed by atoms with Crippen LogP contribution in [0.15, 0.2) is 54.6 Å². The Morgan fingerprint density at radius 2 is 1.64 bits per heavy atom. The van der Waals surface area contributed by atoms with Gasteiger partial charge >= 0.3 is 12.2 Å². The summed E-state index contributed by atoms with van der Waals surface area (Å²) in [5.41, 5.74) is -0.744. The number of carbonyl (C=O) groups excluding carboxylic acids is 5. The van der Waals surface area contributed by atoms with Crippen molar-refractivity contribution in [2.45, 2.75) is 119 Å². The van der Waals surface area contributed by atoms with E-state index in [1.165, 1.54) is 9.80 Å². The quantitative estimate of drug-likeness (QED) is 0.343. The Morgan fingerprint density at radius 1 is 0.891 bits per heavy atom. The SMILES string of the molecule is O=C(N[C@H]1CCCCC/C=C/C2C[C@]2(C(=O)NS(=O)(=O)C2CC2)NC(=O)[C@@H]2CN(C(=O)OCc3cccc4ccccc34)CCN2C1=O)OC1CCCCC1. The largest absolute Gasteiger partial charge is 0.446 e. The summed E-state index contributed by atoms with van der Waals surface area (Å²) in [4.78, 5) is 72.1. The van der Waals surface area contributed by atoms with Crippen molar-refractivity contribution in [1.82, 2.24) is 25.2 Å². The highest BCUT2D eigenvalue weighted by Gasteiger charge is 2.62. The van der Waals surface area contributed by atoms with E-state index >= 15 is 0 Å². The Hall–Kier alpha value is -4.66. The summed E-state index contributed by atoms with van der Waals surface area (Å²) in [6.07, 6.45) is 11.0. The highest BCUT2D eigenvalue weighted by Crippen LogP contribution is 2.46. The smallest absolute Gasteiger partial charge is 0.410 e. The van der Waals surface area contributed by atoms with Crippen LogP contribution in [-0.4, -0.2) is 96.7 Å². The molecule has 0 radical (unpaired) electrons. The number of carbonyl (C=O) groups is 5. The zero-order chi connectivity index (χ0) is 38.6. The molecule has 5 amide bonds. The molecule has 4 atom stereocenters. The minimum atomic E-state index is -3.92. The second kappa shape index (κ2) is 16.6. The Labute approximate surface area is 321 Å². The lowest BCUT2D eigenvalue weighted by atomic mass is 9.98. The number of nitrogens with zero attached hydrogens (tertiary/aromatic N) is 2. The van der Waals surface area contributed by atoms with Gasteiger partial charge in [-0.2, -0.15) is 0 Å². The van der Waals surface area contributed by atoms with E-state index in [9.17, 15) is 32.4 Å². The third-order valence-corrected chi connectivity index (χ3v) is 13.4. The van der Waals surface area contributed by atoms with Gasteiger partial charge in [-0.1, -0.05) is 73.9 Å². The minimum absolute atomic E-state index is 0.0158. The van der Waals surface area contributed by atoms with E-state index < -0.39 is 68.7 Å². The topological polar surface area (TPSA) is 181 Å². The molecule has 1 unspecified atom stereocenters. The minimum Gasteiger partial charge on any atom is -0.446 e. The van der Waals surface area contributed by atoms with Crippen LogP contribution in [0.25, 0.3) is 10.8 Å². The van der Waals surface area contributed by atoms with Crippen LogP contribution in [0.3, 0.4) is 0 Å². The van der Waals surface area contributed by atoms with Gasteiger partial charge < -0.3 is 29.9 Å². The average molecular weight is 778 g/mol. The van der Waals surface area contributed by atoms with Crippen LogP contribution in [0.5, 0.6) is 0 Å². The number of benzene rings is 2. The molecule has 2 aromatic rings. The predicted molar refractivity (Wildman–Crippen MR) is 203 cm³/mol. The fourth-order valence-corrected chi connectivity index (χ4v) is 9.43. The summed E-state index contributed by atoms with van der Waals surface area (Å²) < 4.78 is 39.4. The van der Waals surface area contributed by atoms with Crippen molar-refractivity contribution >= 4 is 50.7 Å². The number of alkyl carbamates (subject to hydrolysis) is 1. The first kappa shape index (κ1) is 38.6. The summed E-state index contributed by atoms with van der Waals surface area (Å²) in [6.45, 7) is -0.254. The summed E-state index contributed by atoms with van der Waals surface area (Å²) >= 11 is 0. The number of rotatable bonds is 7. The molecule has 4 fully saturated rings. The number of nitrogens with one attached hydrogen (secondary N) is 3. The number of hydrogen-bond donors (Lipinski definition) is 3. The van der Waals surface area contributed by atoms with Crippen LogP contribution in [0.2, 0.25) is 0 Å². The van der Waals surface area contributed by atoms with Gasteiger partial charge in [0.05, 0.1) is 11.8 Å². The molecule has 2 aromatic carbocycles. The predicted octanol–water partition coefficient (Wildman–Crippen LogP) is 4.42. The Balaban J connectivity index is 1.13. The van der Waals surface area contributed by atoms with Crippen molar-refractivity contribution < 1.29 is 41.9 Å². The number of piperazine rings is 1. The normalized spacial score (nSPS) is 27.3. The van der Waals surface area contributed by atoms with E-state index in [4.69, 9.17) is 9.47 Å². The molecular weight excluding hydrogens is 727 g/mol. The summed E-state index contributed by atoms with van der Waals surface area (Å²) in [7, 11) is -3.92. The van der Waals surface area contributed by atoms with E-state index in [2.05, 4.69) is 15.4 Å². The lowest BCUT2D eigenvalue weighted by Gasteiger charge is -2.41. The summed E-state index contributed by atoms with van der Waals surface area (Å²) in [5, 5.41) is 6.92. The lowest BCUT2D eigenvalue weighted by Crippen LogP contribution is -2.66. The van der Waals surface area contributed by atoms with E-state index in [1.54, 1.807) is 0 Å². The van der Waals surface area contributed by atoms with Crippen LogP contribution in [0.4, 0.5) is 9.59 Å². The third kappa shape index (κ3) is 9.08. The van der Waals surface area contributed by atoms with Crippen LogP contribution >= 0.6 is 0 Å². The number of amides is 5. The van der Waals surface area contributed by atoms with Gasteiger partial charge in [-0.25, -0.2) is 18.0 Å². The maximum Gasteiger partial charge on any atom is 0.410 e. The monoisotopic (exact) mass is 777 g/mol. The molecule has 14 nitrogen and oxygen atoms in total. The molecule has 5 aliphatic rings. The van der Waals surface area contributed by atoms with Crippen molar-refractivity contribution in [3.63, 3.8) is 0 Å². The van der Waals surface area contributed by atoms with E-state index in [0.717, 1.165) is 61.3 Å². The van der Waals surface area contributed by atoms with Gasteiger partial charge in [0, 0.05) is 19.0 Å². The molecule has 0 aromatic heterocycles. The highest BCUT2D eigenvalue weighted by molar-refractivity contribution is 7.91. The first-order valence-electron chi connectivity index (χ1n) is 19.7. The van der Waals surface area contributed by atoms with Crippen molar-refractivity contribution in [3.8, 4) is 0 Å². The second-order valence-corrected chi connectivity index (χ2v) is 17.5. The summed E-state index contributed by atoms with van der Waals surface area (Å²) in [5.74, 6) is -2.50. The number of sulfonamides is 1. The fourth-order valence-electron chi connectivity index (χ4n) is 8.07. The molecule has 1 saturated heterocycles. The first-order chi connectivity index (χ1) is 26.5. The zero-order valence-corrected chi connectivity index (χ0v) is 31.9. The van der Waals surface area contributed by atoms with E-state index in [0.29, 0.717) is 32.1 Å². The Bertz CT molecular complexity index is 1920.